The van der Waals surface area contributed by atoms with E-state index in [0.717, 1.165) is 24.4 Å². The molecule has 0 unspecified atom stereocenters. The van der Waals surface area contributed by atoms with Gasteiger partial charge in [0, 0.05) is 5.41 Å². The first-order chi connectivity index (χ1) is 9.27. The Morgan fingerprint density at radius 2 is 2.10 bits per heavy atom. The summed E-state index contributed by atoms with van der Waals surface area (Å²) < 4.78 is 10.0. The second-order valence-corrected chi connectivity index (χ2v) is 8.38. The number of aromatic nitrogens is 1. The van der Waals surface area contributed by atoms with Gasteiger partial charge >= 0.3 is 5.97 Å². The third-order valence-corrected chi connectivity index (χ3v) is 7.37. The smallest absolute Gasteiger partial charge is 0.359 e. The van der Waals surface area contributed by atoms with Gasteiger partial charge in [0.1, 0.15) is 15.5 Å². The standard InChI is InChI=1S/C14H17Cl2NO2S/c1-13(2)7-4-5-14(13,3)8(6-7)19-12(18)10-9(15)11(16)20-17-10/h7-8H,4-6H2,1-3H3/t7-,8+,14+/m0/s1. The maximum Gasteiger partial charge on any atom is 0.359 e. The highest BCUT2D eigenvalue weighted by Crippen LogP contribution is 2.66. The minimum Gasteiger partial charge on any atom is -0.457 e. The Labute approximate surface area is 132 Å². The molecule has 0 amide bonds. The van der Waals surface area contributed by atoms with Gasteiger partial charge in [0.25, 0.3) is 0 Å². The fourth-order valence-electron chi connectivity index (χ4n) is 3.88. The topological polar surface area (TPSA) is 39.2 Å². The molecular formula is C14H17Cl2NO2S. The first-order valence-electron chi connectivity index (χ1n) is 6.79. The van der Waals surface area contributed by atoms with Crippen molar-refractivity contribution in [3.8, 4) is 0 Å². The van der Waals surface area contributed by atoms with E-state index in [4.69, 9.17) is 27.9 Å². The maximum atomic E-state index is 12.2. The van der Waals surface area contributed by atoms with Gasteiger partial charge in [-0.3, -0.25) is 0 Å². The van der Waals surface area contributed by atoms with Crippen LogP contribution in [0.1, 0.15) is 50.5 Å². The zero-order valence-electron chi connectivity index (χ0n) is 11.7. The van der Waals surface area contributed by atoms with Crippen LogP contribution in [0.5, 0.6) is 0 Å². The maximum absolute atomic E-state index is 12.2. The molecule has 2 aliphatic carbocycles. The van der Waals surface area contributed by atoms with Crippen molar-refractivity contribution < 1.29 is 9.53 Å². The van der Waals surface area contributed by atoms with Crippen LogP contribution in [0, 0.1) is 16.7 Å². The van der Waals surface area contributed by atoms with Crippen LogP contribution in [0.2, 0.25) is 9.36 Å². The Morgan fingerprint density at radius 1 is 1.40 bits per heavy atom. The number of esters is 1. The molecule has 3 nitrogen and oxygen atoms in total. The number of ether oxygens (including phenoxy) is 1. The molecule has 3 rings (SSSR count). The zero-order chi connectivity index (χ0) is 14.7. The second-order valence-electron chi connectivity index (χ2n) is 6.62. The van der Waals surface area contributed by atoms with Gasteiger partial charge < -0.3 is 4.74 Å². The van der Waals surface area contributed by atoms with Gasteiger partial charge in [-0.1, -0.05) is 44.0 Å². The monoisotopic (exact) mass is 333 g/mol. The lowest BCUT2D eigenvalue weighted by atomic mass is 9.70. The van der Waals surface area contributed by atoms with Gasteiger partial charge in [0.05, 0.1) is 0 Å². The Kier molecular flexibility index (Phi) is 3.35. The normalized spacial score (nSPS) is 34.5. The van der Waals surface area contributed by atoms with Crippen molar-refractivity contribution in [1.82, 2.24) is 4.37 Å². The van der Waals surface area contributed by atoms with Gasteiger partial charge in [0.2, 0.25) is 0 Å². The molecule has 0 radical (unpaired) electrons. The van der Waals surface area contributed by atoms with E-state index in [1.54, 1.807) is 0 Å². The number of carbonyl (C=O) groups is 1. The summed E-state index contributed by atoms with van der Waals surface area (Å²) in [5.74, 6) is 0.174. The van der Waals surface area contributed by atoms with E-state index in [9.17, 15) is 4.79 Å². The van der Waals surface area contributed by atoms with Crippen LogP contribution in [0.25, 0.3) is 0 Å². The molecule has 0 aromatic carbocycles. The van der Waals surface area contributed by atoms with Gasteiger partial charge in [-0.2, -0.15) is 4.37 Å². The van der Waals surface area contributed by atoms with E-state index in [2.05, 4.69) is 25.1 Å². The minimum atomic E-state index is -0.451. The molecule has 20 heavy (non-hydrogen) atoms. The molecule has 6 heteroatoms. The van der Waals surface area contributed by atoms with E-state index in [1.165, 1.54) is 6.42 Å². The third-order valence-electron chi connectivity index (χ3n) is 5.75. The molecule has 2 bridgehead atoms. The largest absolute Gasteiger partial charge is 0.457 e. The summed E-state index contributed by atoms with van der Waals surface area (Å²) in [5.41, 5.74) is 0.395. The predicted octanol–water partition coefficient (Wildman–Crippen LogP) is 4.82. The van der Waals surface area contributed by atoms with Gasteiger partial charge in [-0.05, 0) is 42.1 Å². The molecule has 0 aliphatic heterocycles. The lowest BCUT2D eigenvalue weighted by Gasteiger charge is -2.38. The quantitative estimate of drug-likeness (QED) is 0.728. The van der Waals surface area contributed by atoms with Crippen molar-refractivity contribution in [3.63, 3.8) is 0 Å². The minimum absolute atomic E-state index is 0.0413. The Balaban J connectivity index is 1.80. The summed E-state index contributed by atoms with van der Waals surface area (Å²) in [6, 6.07) is 0. The lowest BCUT2D eigenvalue weighted by Crippen LogP contribution is -2.38. The van der Waals surface area contributed by atoms with E-state index in [1.807, 2.05) is 0 Å². The van der Waals surface area contributed by atoms with Crippen LogP contribution in [0.3, 0.4) is 0 Å². The third kappa shape index (κ3) is 1.84. The number of halogens is 2. The molecule has 0 spiro atoms. The molecule has 0 N–H and O–H groups in total. The van der Waals surface area contributed by atoms with Crippen LogP contribution in [0.15, 0.2) is 0 Å². The average Bonchev–Trinajstić information content (AvgIpc) is 2.88. The summed E-state index contributed by atoms with van der Waals surface area (Å²) in [4.78, 5) is 12.2. The number of carbonyl (C=O) groups excluding carboxylic acids is 1. The van der Waals surface area contributed by atoms with Gasteiger partial charge in [-0.15, -0.1) is 0 Å². The SMILES string of the molecule is CC1(C)[C@H]2CC[C@]1(C)[C@H](OC(=O)c1nsc(Cl)c1Cl)C2. The van der Waals surface area contributed by atoms with Crippen LogP contribution in [-0.2, 0) is 4.74 Å². The summed E-state index contributed by atoms with van der Waals surface area (Å²) in [5, 5.41) is 0.203. The zero-order valence-corrected chi connectivity index (χ0v) is 14.0. The number of hydrogen-bond acceptors (Lipinski definition) is 4. The Hall–Kier alpha value is -0.320. The molecule has 1 aromatic heterocycles. The lowest BCUT2D eigenvalue weighted by molar-refractivity contribution is -0.0246. The van der Waals surface area contributed by atoms with Crippen molar-refractivity contribution in [3.05, 3.63) is 15.1 Å². The van der Waals surface area contributed by atoms with Crippen LogP contribution in [0.4, 0.5) is 0 Å². The average molecular weight is 334 g/mol. The van der Waals surface area contributed by atoms with E-state index in [-0.39, 0.29) is 27.7 Å². The number of nitrogens with zero attached hydrogens (tertiary/aromatic N) is 1. The molecule has 2 aliphatic rings. The molecule has 2 fully saturated rings. The van der Waals surface area contributed by atoms with Crippen molar-refractivity contribution in [2.45, 2.75) is 46.1 Å². The van der Waals surface area contributed by atoms with E-state index >= 15 is 0 Å². The number of hydrogen-bond donors (Lipinski definition) is 0. The fraction of sp³-hybridized carbons (Fsp3) is 0.714. The van der Waals surface area contributed by atoms with Crippen molar-refractivity contribution in [2.24, 2.45) is 16.7 Å². The molecule has 2 saturated carbocycles. The molecular weight excluding hydrogens is 317 g/mol. The molecule has 110 valence electrons. The number of rotatable bonds is 2. The van der Waals surface area contributed by atoms with Crippen LogP contribution < -0.4 is 0 Å². The summed E-state index contributed by atoms with van der Waals surface area (Å²) >= 11 is 12.8. The number of fused-ring (bicyclic) bond motifs is 2. The van der Waals surface area contributed by atoms with Crippen LogP contribution >= 0.6 is 34.7 Å². The fourth-order valence-corrected chi connectivity index (χ4v) is 4.86. The summed E-state index contributed by atoms with van der Waals surface area (Å²) in [6.07, 6.45) is 3.21. The second kappa shape index (κ2) is 4.59. The van der Waals surface area contributed by atoms with Crippen molar-refractivity contribution >= 4 is 40.7 Å². The van der Waals surface area contributed by atoms with E-state index < -0.39 is 5.97 Å². The first-order valence-corrected chi connectivity index (χ1v) is 8.32. The van der Waals surface area contributed by atoms with E-state index in [0.29, 0.717) is 10.3 Å². The Morgan fingerprint density at radius 3 is 2.55 bits per heavy atom. The Bertz CT molecular complexity index is 572. The highest BCUT2D eigenvalue weighted by Gasteiger charge is 2.63. The van der Waals surface area contributed by atoms with Crippen molar-refractivity contribution in [1.29, 1.82) is 0 Å². The van der Waals surface area contributed by atoms with Crippen molar-refractivity contribution in [2.75, 3.05) is 0 Å². The van der Waals surface area contributed by atoms with Gasteiger partial charge in [0.15, 0.2) is 5.69 Å². The molecule has 0 saturated heterocycles. The predicted molar refractivity (Wildman–Crippen MR) is 80.6 cm³/mol. The first kappa shape index (κ1) is 14.6. The summed E-state index contributed by atoms with van der Waals surface area (Å²) in [7, 11) is 0. The van der Waals surface area contributed by atoms with Crippen LogP contribution in [-0.4, -0.2) is 16.4 Å². The molecule has 1 aromatic rings. The highest BCUT2D eigenvalue weighted by atomic mass is 35.5. The highest BCUT2D eigenvalue weighted by molar-refractivity contribution is 7.11. The molecule has 1 heterocycles. The molecule has 3 atom stereocenters. The van der Waals surface area contributed by atoms with Gasteiger partial charge in [-0.25, -0.2) is 4.79 Å². The summed E-state index contributed by atoms with van der Waals surface area (Å²) in [6.45, 7) is 6.80.